The average molecular weight is 225 g/mol. The number of carbonyl (C=O) groups excluding carboxylic acids is 1. The van der Waals surface area contributed by atoms with E-state index in [2.05, 4.69) is 5.32 Å². The van der Waals surface area contributed by atoms with E-state index in [1.807, 2.05) is 19.1 Å². The molecule has 4 nitrogen and oxygen atoms in total. The first-order chi connectivity index (χ1) is 7.74. The van der Waals surface area contributed by atoms with Crippen molar-refractivity contribution in [3.05, 3.63) is 12.2 Å². The molecule has 2 aliphatic rings. The molecule has 1 saturated carbocycles. The van der Waals surface area contributed by atoms with Crippen molar-refractivity contribution >= 4 is 5.91 Å². The third kappa shape index (κ3) is 2.62. The smallest absolute Gasteiger partial charge is 0.226 e. The summed E-state index contributed by atoms with van der Waals surface area (Å²) in [5.74, 6) is 0.334. The van der Waals surface area contributed by atoms with Crippen molar-refractivity contribution < 1.29 is 14.6 Å². The molecular weight excluding hydrogens is 206 g/mol. The van der Waals surface area contributed by atoms with Crippen LogP contribution in [0.3, 0.4) is 0 Å². The Kier molecular flexibility index (Phi) is 3.61. The summed E-state index contributed by atoms with van der Waals surface area (Å²) < 4.78 is 5.37. The second-order valence-electron chi connectivity index (χ2n) is 4.51. The molecular formula is C12H19NO3. The zero-order chi connectivity index (χ0) is 11.5. The van der Waals surface area contributed by atoms with E-state index in [9.17, 15) is 4.79 Å². The van der Waals surface area contributed by atoms with Gasteiger partial charge in [-0.2, -0.15) is 0 Å². The van der Waals surface area contributed by atoms with E-state index in [1.54, 1.807) is 0 Å². The summed E-state index contributed by atoms with van der Waals surface area (Å²) in [5, 5.41) is 11.9. The molecule has 0 spiro atoms. The van der Waals surface area contributed by atoms with Crippen molar-refractivity contribution in [2.75, 3.05) is 13.2 Å². The summed E-state index contributed by atoms with van der Waals surface area (Å²) in [6.45, 7) is 2.77. The fourth-order valence-electron chi connectivity index (χ4n) is 2.15. The number of rotatable bonds is 5. The highest BCUT2D eigenvalue weighted by atomic mass is 16.5. The van der Waals surface area contributed by atoms with Crippen LogP contribution in [-0.2, 0) is 9.53 Å². The van der Waals surface area contributed by atoms with Crippen LogP contribution in [0.15, 0.2) is 12.2 Å². The highest BCUT2D eigenvalue weighted by Crippen LogP contribution is 2.34. The largest absolute Gasteiger partial charge is 0.396 e. The van der Waals surface area contributed by atoms with Crippen LogP contribution in [-0.4, -0.2) is 36.4 Å². The van der Waals surface area contributed by atoms with Crippen LogP contribution in [0.5, 0.6) is 0 Å². The zero-order valence-corrected chi connectivity index (χ0v) is 9.56. The number of hydrogen-bond acceptors (Lipinski definition) is 3. The van der Waals surface area contributed by atoms with Gasteiger partial charge in [-0.15, -0.1) is 0 Å². The summed E-state index contributed by atoms with van der Waals surface area (Å²) in [4.78, 5) is 11.8. The summed E-state index contributed by atoms with van der Waals surface area (Å²) in [5.41, 5.74) is 0. The molecule has 1 fully saturated rings. The van der Waals surface area contributed by atoms with Crippen LogP contribution < -0.4 is 5.32 Å². The van der Waals surface area contributed by atoms with Gasteiger partial charge < -0.3 is 15.2 Å². The van der Waals surface area contributed by atoms with Gasteiger partial charge in [0.05, 0.1) is 12.0 Å². The minimum atomic E-state index is 0.0431. The van der Waals surface area contributed by atoms with Crippen LogP contribution >= 0.6 is 0 Å². The molecule has 0 bridgehead atoms. The Hall–Kier alpha value is -0.870. The molecule has 0 aromatic carbocycles. The molecule has 16 heavy (non-hydrogen) atoms. The lowest BCUT2D eigenvalue weighted by atomic mass is 10.1. The molecule has 90 valence electrons. The van der Waals surface area contributed by atoms with E-state index in [4.69, 9.17) is 9.84 Å². The van der Waals surface area contributed by atoms with Gasteiger partial charge in [0, 0.05) is 25.2 Å². The maximum Gasteiger partial charge on any atom is 0.226 e. The topological polar surface area (TPSA) is 58.6 Å². The predicted octanol–water partition coefficient (Wildman–Crippen LogP) is 0.465. The van der Waals surface area contributed by atoms with Gasteiger partial charge in [-0.3, -0.25) is 4.79 Å². The van der Waals surface area contributed by atoms with Crippen molar-refractivity contribution in [2.24, 2.45) is 11.8 Å². The van der Waals surface area contributed by atoms with Gasteiger partial charge in [0.15, 0.2) is 0 Å². The lowest BCUT2D eigenvalue weighted by Crippen LogP contribution is -2.34. The minimum Gasteiger partial charge on any atom is -0.396 e. The molecule has 0 heterocycles. The Morgan fingerprint density at radius 3 is 2.94 bits per heavy atom. The molecule has 0 aliphatic heterocycles. The number of aliphatic hydroxyl groups excluding tert-OH is 1. The average Bonchev–Trinajstić information content (AvgIpc) is 2.89. The first-order valence-corrected chi connectivity index (χ1v) is 5.95. The van der Waals surface area contributed by atoms with E-state index in [-0.39, 0.29) is 36.5 Å². The molecule has 1 amide bonds. The first kappa shape index (κ1) is 11.6. The highest BCUT2D eigenvalue weighted by Gasteiger charge is 2.44. The monoisotopic (exact) mass is 225 g/mol. The lowest BCUT2D eigenvalue weighted by Gasteiger charge is -2.12. The first-order valence-electron chi connectivity index (χ1n) is 5.95. The van der Waals surface area contributed by atoms with E-state index in [0.29, 0.717) is 6.61 Å². The maximum atomic E-state index is 11.8. The SMILES string of the molecule is CCOC1CC1C(=O)N[C@@H]1C=C[C@H](CO)C1. The quantitative estimate of drug-likeness (QED) is 0.668. The van der Waals surface area contributed by atoms with Crippen LogP contribution in [0.2, 0.25) is 0 Å². The number of ether oxygens (including phenoxy) is 1. The van der Waals surface area contributed by atoms with Gasteiger partial charge in [0.2, 0.25) is 5.91 Å². The Morgan fingerprint density at radius 1 is 1.50 bits per heavy atom. The predicted molar refractivity (Wildman–Crippen MR) is 59.8 cm³/mol. The molecule has 2 aliphatic carbocycles. The molecule has 2 rings (SSSR count). The van der Waals surface area contributed by atoms with Gasteiger partial charge in [0.25, 0.3) is 0 Å². The molecule has 4 heteroatoms. The highest BCUT2D eigenvalue weighted by molar-refractivity contribution is 5.82. The fourth-order valence-corrected chi connectivity index (χ4v) is 2.15. The van der Waals surface area contributed by atoms with Gasteiger partial charge >= 0.3 is 0 Å². The van der Waals surface area contributed by atoms with Gasteiger partial charge in [-0.1, -0.05) is 12.2 Å². The molecule has 0 aromatic heterocycles. The summed E-state index contributed by atoms with van der Waals surface area (Å²) >= 11 is 0. The van der Waals surface area contributed by atoms with Crippen molar-refractivity contribution in [1.82, 2.24) is 5.32 Å². The summed E-state index contributed by atoms with van der Waals surface area (Å²) in [7, 11) is 0. The number of nitrogens with one attached hydrogen (secondary N) is 1. The Morgan fingerprint density at radius 2 is 2.31 bits per heavy atom. The van der Waals surface area contributed by atoms with E-state index in [1.165, 1.54) is 0 Å². The molecule has 2 N–H and O–H groups in total. The van der Waals surface area contributed by atoms with E-state index in [0.717, 1.165) is 12.8 Å². The number of carbonyl (C=O) groups is 1. The Balaban J connectivity index is 1.71. The Bertz CT molecular complexity index is 290. The molecule has 4 atom stereocenters. The van der Waals surface area contributed by atoms with E-state index < -0.39 is 0 Å². The Labute approximate surface area is 95.7 Å². The molecule has 0 aromatic rings. The number of aliphatic hydroxyl groups is 1. The van der Waals surface area contributed by atoms with Gasteiger partial charge in [0.1, 0.15) is 0 Å². The van der Waals surface area contributed by atoms with E-state index >= 15 is 0 Å². The number of amides is 1. The zero-order valence-electron chi connectivity index (χ0n) is 9.56. The van der Waals surface area contributed by atoms with Gasteiger partial charge in [-0.25, -0.2) is 0 Å². The van der Waals surface area contributed by atoms with Crippen molar-refractivity contribution in [1.29, 1.82) is 0 Å². The van der Waals surface area contributed by atoms with Crippen LogP contribution in [0.1, 0.15) is 19.8 Å². The van der Waals surface area contributed by atoms with Crippen molar-refractivity contribution in [3.8, 4) is 0 Å². The normalized spacial score (nSPS) is 36.4. The second-order valence-corrected chi connectivity index (χ2v) is 4.51. The minimum absolute atomic E-state index is 0.0431. The second kappa shape index (κ2) is 4.97. The molecule has 0 radical (unpaired) electrons. The summed E-state index contributed by atoms with van der Waals surface area (Å²) in [6, 6.07) is 0.0903. The summed E-state index contributed by atoms with van der Waals surface area (Å²) in [6.07, 6.45) is 5.73. The van der Waals surface area contributed by atoms with Crippen molar-refractivity contribution in [3.63, 3.8) is 0 Å². The van der Waals surface area contributed by atoms with Gasteiger partial charge in [-0.05, 0) is 19.8 Å². The fraction of sp³-hybridized carbons (Fsp3) is 0.750. The van der Waals surface area contributed by atoms with Crippen LogP contribution in [0.25, 0.3) is 0 Å². The third-order valence-electron chi connectivity index (χ3n) is 3.18. The lowest BCUT2D eigenvalue weighted by molar-refractivity contribution is -0.123. The number of hydrogen-bond donors (Lipinski definition) is 2. The standard InChI is InChI=1S/C12H19NO3/c1-2-16-11-6-10(11)12(15)13-9-4-3-8(5-9)7-14/h3-4,8-11,14H,2,5-7H2,1H3,(H,13,15)/t8-,9+,10?,11?/m0/s1. The van der Waals surface area contributed by atoms with Crippen molar-refractivity contribution in [2.45, 2.75) is 31.9 Å². The maximum absolute atomic E-state index is 11.8. The molecule has 0 saturated heterocycles. The molecule has 2 unspecified atom stereocenters. The van der Waals surface area contributed by atoms with Crippen LogP contribution in [0, 0.1) is 11.8 Å². The third-order valence-corrected chi connectivity index (χ3v) is 3.18. The van der Waals surface area contributed by atoms with Crippen LogP contribution in [0.4, 0.5) is 0 Å².